The number of thioether (sulfide) groups is 1. The van der Waals surface area contributed by atoms with Crippen LogP contribution in [-0.4, -0.2) is 44.1 Å². The fourth-order valence-electron chi connectivity index (χ4n) is 3.13. The number of benzene rings is 2. The summed E-state index contributed by atoms with van der Waals surface area (Å²) in [6, 6.07) is 14.7. The zero-order valence-corrected chi connectivity index (χ0v) is 20.2. The number of fused-ring (bicyclic) bond motifs is 1. The van der Waals surface area contributed by atoms with Crippen molar-refractivity contribution in [2.45, 2.75) is 44.9 Å². The molecule has 0 amide bonds. The molecule has 1 aliphatic rings. The molecule has 0 bridgehead atoms. The van der Waals surface area contributed by atoms with Crippen LogP contribution in [0.15, 0.2) is 47.4 Å². The van der Waals surface area contributed by atoms with Gasteiger partial charge in [0.2, 0.25) is 0 Å². The minimum atomic E-state index is -0.852. The zero-order chi connectivity index (χ0) is 22.8. The lowest BCUT2D eigenvalue weighted by atomic mass is 10.1. The van der Waals surface area contributed by atoms with Crippen molar-refractivity contribution < 1.29 is 14.6 Å². The molecule has 0 aromatic heterocycles. The highest BCUT2D eigenvalue weighted by Crippen LogP contribution is 2.45. The van der Waals surface area contributed by atoms with Crippen molar-refractivity contribution in [1.29, 1.82) is 0 Å². The van der Waals surface area contributed by atoms with Gasteiger partial charge in [-0.3, -0.25) is 4.79 Å². The van der Waals surface area contributed by atoms with Gasteiger partial charge in [-0.05, 0) is 30.2 Å². The van der Waals surface area contributed by atoms with Crippen LogP contribution in [0.4, 0.5) is 17.1 Å². The molecule has 0 fully saturated rings. The summed E-state index contributed by atoms with van der Waals surface area (Å²) in [5.74, 6) is 1.46. The smallest absolute Gasteiger partial charge is 0.306 e. The summed E-state index contributed by atoms with van der Waals surface area (Å²) in [5.41, 5.74) is 3.30. The average Bonchev–Trinajstić information content (AvgIpc) is 2.92. The molecule has 1 aliphatic heterocycles. The number of ether oxygens (including phenoxy) is 1. The molecule has 2 aromatic carbocycles. The summed E-state index contributed by atoms with van der Waals surface area (Å²) in [7, 11) is 3.95. The van der Waals surface area contributed by atoms with E-state index in [0.717, 1.165) is 23.7 Å². The van der Waals surface area contributed by atoms with E-state index in [4.69, 9.17) is 9.84 Å². The minimum absolute atomic E-state index is 0.00965. The van der Waals surface area contributed by atoms with Gasteiger partial charge < -0.3 is 19.6 Å². The van der Waals surface area contributed by atoms with Crippen molar-refractivity contribution in [2.75, 3.05) is 42.8 Å². The molecule has 2 aromatic rings. The van der Waals surface area contributed by atoms with Crippen LogP contribution in [0.25, 0.3) is 0 Å². The van der Waals surface area contributed by atoms with E-state index >= 15 is 0 Å². The molecule has 1 heterocycles. The normalized spacial score (nSPS) is 15.3. The predicted octanol–water partition coefficient (Wildman–Crippen LogP) is 6.29. The Morgan fingerprint density at radius 2 is 1.87 bits per heavy atom. The lowest BCUT2D eigenvalue weighted by molar-refractivity contribution is -0.137. The van der Waals surface area contributed by atoms with Crippen LogP contribution in [0.3, 0.4) is 0 Å². The van der Waals surface area contributed by atoms with Gasteiger partial charge in [0.05, 0.1) is 24.4 Å². The Bertz CT molecular complexity index is 825. The topological polar surface area (TPSA) is 53.0 Å². The van der Waals surface area contributed by atoms with Gasteiger partial charge in [0, 0.05) is 37.0 Å². The van der Waals surface area contributed by atoms with E-state index in [1.165, 1.54) is 29.1 Å². The van der Waals surface area contributed by atoms with Crippen LogP contribution in [0.5, 0.6) is 5.75 Å². The quantitative estimate of drug-likeness (QED) is 0.541. The number of carboxylic acids is 1. The molecule has 0 spiro atoms. The molecule has 170 valence electrons. The number of carboxylic acid groups (broad SMARTS) is 1. The third-order valence-corrected chi connectivity index (χ3v) is 6.35. The Hall–Kier alpha value is -2.34. The average molecular weight is 445 g/mol. The fraction of sp³-hybridized carbons (Fsp3) is 0.480. The Morgan fingerprint density at radius 1 is 1.19 bits per heavy atom. The number of carbonyl (C=O) groups is 1. The van der Waals surface area contributed by atoms with E-state index in [0.29, 0.717) is 5.92 Å². The van der Waals surface area contributed by atoms with Crippen LogP contribution in [0.2, 0.25) is 0 Å². The number of anilines is 3. The summed E-state index contributed by atoms with van der Waals surface area (Å²) in [5, 5.41) is 8.89. The zero-order valence-electron chi connectivity index (χ0n) is 19.4. The van der Waals surface area contributed by atoms with Crippen LogP contribution in [0.1, 0.15) is 40.0 Å². The highest BCUT2D eigenvalue weighted by Gasteiger charge is 2.24. The van der Waals surface area contributed by atoms with Crippen molar-refractivity contribution in [3.8, 4) is 5.75 Å². The number of aliphatic carboxylic acids is 1. The molecule has 6 heteroatoms. The first-order chi connectivity index (χ1) is 14.9. The molecule has 0 saturated carbocycles. The van der Waals surface area contributed by atoms with Gasteiger partial charge in [-0.2, -0.15) is 0 Å². The summed E-state index contributed by atoms with van der Waals surface area (Å²) in [6.45, 7) is 7.75. The van der Waals surface area contributed by atoms with Crippen molar-refractivity contribution >= 4 is 34.8 Å². The lowest BCUT2D eigenvalue weighted by Gasteiger charge is -2.28. The Morgan fingerprint density at radius 3 is 2.45 bits per heavy atom. The summed E-state index contributed by atoms with van der Waals surface area (Å²) < 4.78 is 5.83. The molecule has 3 rings (SSSR count). The molecular formula is C25H36N2O3S. The molecule has 0 saturated heterocycles. The number of hydrogen-bond acceptors (Lipinski definition) is 5. The van der Waals surface area contributed by atoms with Crippen molar-refractivity contribution in [3.63, 3.8) is 0 Å². The second-order valence-electron chi connectivity index (χ2n) is 8.04. The van der Waals surface area contributed by atoms with Gasteiger partial charge in [-0.1, -0.05) is 51.8 Å². The number of unbranched alkanes of at least 4 members (excludes halogenated alkanes) is 1. The minimum Gasteiger partial charge on any atom is -0.491 e. The lowest BCUT2D eigenvalue weighted by Crippen LogP contribution is -2.23. The van der Waals surface area contributed by atoms with Gasteiger partial charge in [-0.25, -0.2) is 0 Å². The van der Waals surface area contributed by atoms with E-state index in [1.54, 1.807) is 0 Å². The van der Waals surface area contributed by atoms with Gasteiger partial charge in [-0.15, -0.1) is 11.8 Å². The second kappa shape index (κ2) is 12.5. The number of hydrogen-bond donors (Lipinski definition) is 1. The molecule has 5 nitrogen and oxygen atoms in total. The summed E-state index contributed by atoms with van der Waals surface area (Å²) >= 11 is 1.83. The number of para-hydroxylation sites is 1. The standard InChI is InChI=1S/C21H26N2O3S.C4H10/c1-15-13-23(16-7-5-4-6-8-16)18-11-17(22(2)3)19(12-20(18)27-14-15)26-10-9-21(24)25;1-3-4-2/h4-8,11-12,15H,9-10,13-14H2,1-3H3,(H,24,25);3-4H2,1-2H3. The molecule has 0 aliphatic carbocycles. The molecule has 31 heavy (non-hydrogen) atoms. The maximum Gasteiger partial charge on any atom is 0.306 e. The highest BCUT2D eigenvalue weighted by molar-refractivity contribution is 7.99. The van der Waals surface area contributed by atoms with Crippen molar-refractivity contribution in [1.82, 2.24) is 0 Å². The Balaban J connectivity index is 0.000000785. The van der Waals surface area contributed by atoms with E-state index in [1.807, 2.05) is 36.8 Å². The van der Waals surface area contributed by atoms with Gasteiger partial charge >= 0.3 is 5.97 Å². The third kappa shape index (κ3) is 7.39. The first kappa shape index (κ1) is 24.9. The molecule has 1 unspecified atom stereocenters. The number of nitrogens with zero attached hydrogens (tertiary/aromatic N) is 2. The van der Waals surface area contributed by atoms with Gasteiger partial charge in [0.1, 0.15) is 5.75 Å². The monoisotopic (exact) mass is 444 g/mol. The predicted molar refractivity (Wildman–Crippen MR) is 132 cm³/mol. The number of rotatable bonds is 7. The third-order valence-electron chi connectivity index (χ3n) is 4.97. The fourth-order valence-corrected chi connectivity index (χ4v) is 4.20. The summed E-state index contributed by atoms with van der Waals surface area (Å²) in [4.78, 5) is 16.4. The maximum absolute atomic E-state index is 10.8. The van der Waals surface area contributed by atoms with Crippen LogP contribution in [-0.2, 0) is 4.79 Å². The van der Waals surface area contributed by atoms with Crippen LogP contribution >= 0.6 is 11.8 Å². The van der Waals surface area contributed by atoms with E-state index in [-0.39, 0.29) is 13.0 Å². The van der Waals surface area contributed by atoms with Gasteiger partial charge in [0.15, 0.2) is 0 Å². The van der Waals surface area contributed by atoms with Crippen LogP contribution < -0.4 is 14.5 Å². The van der Waals surface area contributed by atoms with E-state index < -0.39 is 5.97 Å². The van der Waals surface area contributed by atoms with Gasteiger partial charge in [0.25, 0.3) is 0 Å². The van der Waals surface area contributed by atoms with Crippen molar-refractivity contribution in [2.24, 2.45) is 5.92 Å². The second-order valence-corrected chi connectivity index (χ2v) is 9.10. The van der Waals surface area contributed by atoms with E-state index in [9.17, 15) is 4.79 Å². The molecule has 1 N–H and O–H groups in total. The largest absolute Gasteiger partial charge is 0.491 e. The Kier molecular flexibility index (Phi) is 10.0. The highest BCUT2D eigenvalue weighted by atomic mass is 32.2. The molecule has 0 radical (unpaired) electrons. The van der Waals surface area contributed by atoms with Crippen molar-refractivity contribution in [3.05, 3.63) is 42.5 Å². The first-order valence-corrected chi connectivity index (χ1v) is 12.0. The van der Waals surface area contributed by atoms with E-state index in [2.05, 4.69) is 62.1 Å². The first-order valence-electron chi connectivity index (χ1n) is 11.0. The molecule has 1 atom stereocenters. The SMILES string of the molecule is CC1CSc2cc(OCCC(=O)O)c(N(C)C)cc2N(c2ccccc2)C1.CCCC. The maximum atomic E-state index is 10.8. The summed E-state index contributed by atoms with van der Waals surface area (Å²) in [6.07, 6.45) is 2.63. The van der Waals surface area contributed by atoms with Crippen LogP contribution in [0, 0.1) is 5.92 Å². The Labute approximate surface area is 191 Å². The molecular weight excluding hydrogens is 408 g/mol.